The Labute approximate surface area is 83.6 Å². The smallest absolute Gasteiger partial charge is 0.186 e. The first-order chi connectivity index (χ1) is 6.72. The number of nitrogens with two attached hydrogens (primary N) is 2. The molecule has 0 amide bonds. The third kappa shape index (κ3) is 3.45. The fraction of sp³-hybridized carbons (Fsp3) is 0.300. The molecule has 0 fully saturated rings. The fourth-order valence-electron chi connectivity index (χ4n) is 1.17. The maximum atomic E-state index is 5.24. The van der Waals surface area contributed by atoms with E-state index in [-0.39, 0.29) is 5.96 Å². The van der Waals surface area contributed by atoms with Crippen LogP contribution in [-0.2, 0) is 17.9 Å². The van der Waals surface area contributed by atoms with Crippen LogP contribution < -0.4 is 11.5 Å². The van der Waals surface area contributed by atoms with Gasteiger partial charge in [-0.3, -0.25) is 0 Å². The third-order valence-corrected chi connectivity index (χ3v) is 1.75. The molecule has 1 aromatic carbocycles. The Morgan fingerprint density at radius 2 is 2.07 bits per heavy atom. The summed E-state index contributed by atoms with van der Waals surface area (Å²) in [7, 11) is 1.67. The molecule has 1 rings (SSSR count). The summed E-state index contributed by atoms with van der Waals surface area (Å²) < 4.78 is 5.02. The Bertz CT molecular complexity index is 319. The number of rotatable bonds is 4. The Balaban J connectivity index is 2.68. The second-order valence-corrected chi connectivity index (χ2v) is 2.99. The summed E-state index contributed by atoms with van der Waals surface area (Å²) in [4.78, 5) is 3.93. The molecule has 14 heavy (non-hydrogen) atoms. The number of hydrogen-bond acceptors (Lipinski definition) is 2. The van der Waals surface area contributed by atoms with E-state index in [0.29, 0.717) is 13.2 Å². The lowest BCUT2D eigenvalue weighted by molar-refractivity contribution is 0.185. The summed E-state index contributed by atoms with van der Waals surface area (Å²) in [6.07, 6.45) is 0. The molecule has 76 valence electrons. The topological polar surface area (TPSA) is 73.6 Å². The van der Waals surface area contributed by atoms with Gasteiger partial charge in [0.2, 0.25) is 0 Å². The maximum Gasteiger partial charge on any atom is 0.186 e. The van der Waals surface area contributed by atoms with E-state index in [4.69, 9.17) is 16.2 Å². The van der Waals surface area contributed by atoms with E-state index < -0.39 is 0 Å². The molecular weight excluding hydrogens is 178 g/mol. The van der Waals surface area contributed by atoms with Crippen LogP contribution in [0.3, 0.4) is 0 Å². The van der Waals surface area contributed by atoms with Crippen molar-refractivity contribution < 1.29 is 4.74 Å². The fourth-order valence-corrected chi connectivity index (χ4v) is 1.17. The standard InChI is InChI=1S/C10H15N3O/c1-14-7-9-4-2-3-8(5-9)6-13-10(11)12/h2-5H,6-7H2,1H3,(H4,11,12,13). The van der Waals surface area contributed by atoms with Crippen LogP contribution in [0.2, 0.25) is 0 Å². The molecule has 0 aliphatic heterocycles. The monoisotopic (exact) mass is 193 g/mol. The Morgan fingerprint density at radius 3 is 2.71 bits per heavy atom. The van der Waals surface area contributed by atoms with Gasteiger partial charge in [0, 0.05) is 7.11 Å². The summed E-state index contributed by atoms with van der Waals surface area (Å²) in [5.74, 6) is 0.113. The summed E-state index contributed by atoms with van der Waals surface area (Å²) in [6.45, 7) is 1.12. The highest BCUT2D eigenvalue weighted by atomic mass is 16.5. The van der Waals surface area contributed by atoms with Crippen LogP contribution in [0.5, 0.6) is 0 Å². The van der Waals surface area contributed by atoms with Crippen molar-refractivity contribution in [3.63, 3.8) is 0 Å². The minimum atomic E-state index is 0.113. The first kappa shape index (κ1) is 10.5. The van der Waals surface area contributed by atoms with Gasteiger partial charge in [-0.15, -0.1) is 0 Å². The minimum absolute atomic E-state index is 0.113. The molecule has 0 heterocycles. The molecule has 0 unspecified atom stereocenters. The summed E-state index contributed by atoms with van der Waals surface area (Å²) >= 11 is 0. The normalized spacial score (nSPS) is 9.79. The van der Waals surface area contributed by atoms with Crippen molar-refractivity contribution in [3.8, 4) is 0 Å². The molecular formula is C10H15N3O. The molecule has 0 aliphatic carbocycles. The molecule has 4 N–H and O–H groups in total. The quantitative estimate of drug-likeness (QED) is 0.543. The number of aliphatic imine (C=N–C) groups is 1. The van der Waals surface area contributed by atoms with Crippen molar-refractivity contribution in [2.75, 3.05) is 7.11 Å². The highest BCUT2D eigenvalue weighted by molar-refractivity contribution is 5.75. The lowest BCUT2D eigenvalue weighted by atomic mass is 10.1. The van der Waals surface area contributed by atoms with Crippen molar-refractivity contribution in [1.82, 2.24) is 0 Å². The average molecular weight is 193 g/mol. The minimum Gasteiger partial charge on any atom is -0.380 e. The number of guanidine groups is 1. The second-order valence-electron chi connectivity index (χ2n) is 2.99. The lowest BCUT2D eigenvalue weighted by Crippen LogP contribution is -2.22. The zero-order valence-electron chi connectivity index (χ0n) is 8.23. The zero-order chi connectivity index (χ0) is 10.4. The number of ether oxygens (including phenoxy) is 1. The summed E-state index contributed by atoms with van der Waals surface area (Å²) in [5, 5.41) is 0. The highest BCUT2D eigenvalue weighted by Gasteiger charge is 1.94. The maximum absolute atomic E-state index is 5.24. The van der Waals surface area contributed by atoms with E-state index in [0.717, 1.165) is 11.1 Å². The largest absolute Gasteiger partial charge is 0.380 e. The predicted octanol–water partition coefficient (Wildman–Crippen LogP) is 0.606. The highest BCUT2D eigenvalue weighted by Crippen LogP contribution is 2.07. The van der Waals surface area contributed by atoms with Gasteiger partial charge in [0.25, 0.3) is 0 Å². The number of nitrogens with zero attached hydrogens (tertiary/aromatic N) is 1. The second kappa shape index (κ2) is 5.24. The van der Waals surface area contributed by atoms with Gasteiger partial charge in [-0.05, 0) is 11.1 Å². The van der Waals surface area contributed by atoms with Gasteiger partial charge in [0.1, 0.15) is 0 Å². The molecule has 0 aliphatic rings. The van der Waals surface area contributed by atoms with E-state index in [1.54, 1.807) is 7.11 Å². The molecule has 4 nitrogen and oxygen atoms in total. The molecule has 0 saturated heterocycles. The van der Waals surface area contributed by atoms with Crippen LogP contribution >= 0.6 is 0 Å². The molecule has 4 heteroatoms. The SMILES string of the molecule is COCc1cccc(CN=C(N)N)c1. The number of methoxy groups -OCH3 is 1. The first-order valence-corrected chi connectivity index (χ1v) is 4.34. The van der Waals surface area contributed by atoms with E-state index in [2.05, 4.69) is 4.99 Å². The third-order valence-electron chi connectivity index (χ3n) is 1.75. The van der Waals surface area contributed by atoms with Gasteiger partial charge >= 0.3 is 0 Å². The first-order valence-electron chi connectivity index (χ1n) is 4.34. The van der Waals surface area contributed by atoms with Crippen molar-refractivity contribution in [2.24, 2.45) is 16.5 Å². The van der Waals surface area contributed by atoms with Gasteiger partial charge < -0.3 is 16.2 Å². The van der Waals surface area contributed by atoms with Gasteiger partial charge in [0.15, 0.2) is 5.96 Å². The summed E-state index contributed by atoms with van der Waals surface area (Å²) in [5.41, 5.74) is 12.7. The predicted molar refractivity (Wildman–Crippen MR) is 56.7 cm³/mol. The van der Waals surface area contributed by atoms with E-state index in [1.165, 1.54) is 0 Å². The molecule has 0 atom stereocenters. The molecule has 1 aromatic rings. The lowest BCUT2D eigenvalue weighted by Gasteiger charge is -2.02. The summed E-state index contributed by atoms with van der Waals surface area (Å²) in [6, 6.07) is 7.97. The Kier molecular flexibility index (Phi) is 3.94. The van der Waals surface area contributed by atoms with Crippen molar-refractivity contribution in [3.05, 3.63) is 35.4 Å². The number of benzene rings is 1. The van der Waals surface area contributed by atoms with Crippen LogP contribution in [0, 0.1) is 0 Å². The van der Waals surface area contributed by atoms with Crippen LogP contribution in [0.1, 0.15) is 11.1 Å². The van der Waals surface area contributed by atoms with Crippen LogP contribution in [0.25, 0.3) is 0 Å². The van der Waals surface area contributed by atoms with Gasteiger partial charge in [0.05, 0.1) is 13.2 Å². The molecule has 0 aromatic heterocycles. The van der Waals surface area contributed by atoms with Gasteiger partial charge in [-0.1, -0.05) is 24.3 Å². The average Bonchev–Trinajstić information content (AvgIpc) is 2.16. The van der Waals surface area contributed by atoms with E-state index >= 15 is 0 Å². The zero-order valence-corrected chi connectivity index (χ0v) is 8.23. The van der Waals surface area contributed by atoms with E-state index in [9.17, 15) is 0 Å². The van der Waals surface area contributed by atoms with Crippen molar-refractivity contribution in [2.45, 2.75) is 13.2 Å². The molecule has 0 radical (unpaired) electrons. The van der Waals surface area contributed by atoms with Crippen LogP contribution in [0.15, 0.2) is 29.3 Å². The van der Waals surface area contributed by atoms with Gasteiger partial charge in [-0.25, -0.2) is 4.99 Å². The number of hydrogen-bond donors (Lipinski definition) is 2. The van der Waals surface area contributed by atoms with Crippen LogP contribution in [0.4, 0.5) is 0 Å². The molecule has 0 spiro atoms. The molecule has 0 saturated carbocycles. The van der Waals surface area contributed by atoms with Crippen molar-refractivity contribution >= 4 is 5.96 Å². The molecule has 0 bridgehead atoms. The Hall–Kier alpha value is -1.55. The Morgan fingerprint density at radius 1 is 1.36 bits per heavy atom. The van der Waals surface area contributed by atoms with Crippen LogP contribution in [-0.4, -0.2) is 13.1 Å². The van der Waals surface area contributed by atoms with Gasteiger partial charge in [-0.2, -0.15) is 0 Å². The van der Waals surface area contributed by atoms with Crippen molar-refractivity contribution in [1.29, 1.82) is 0 Å². The van der Waals surface area contributed by atoms with E-state index in [1.807, 2.05) is 24.3 Å².